The van der Waals surface area contributed by atoms with Gasteiger partial charge in [0.25, 0.3) is 0 Å². The zero-order valence-corrected chi connectivity index (χ0v) is 14.1. The molecule has 1 aliphatic heterocycles. The number of rotatable bonds is 2. The minimum atomic E-state index is 0.167. The Kier molecular flexibility index (Phi) is 3.07. The molecular weight excluding hydrogens is 310 g/mol. The van der Waals surface area contributed by atoms with E-state index in [0.29, 0.717) is 6.42 Å². The van der Waals surface area contributed by atoms with E-state index in [4.69, 9.17) is 0 Å². The van der Waals surface area contributed by atoms with E-state index in [9.17, 15) is 4.79 Å². The first-order valence-corrected chi connectivity index (χ1v) is 8.69. The maximum atomic E-state index is 11.9. The van der Waals surface area contributed by atoms with Gasteiger partial charge in [-0.1, -0.05) is 36.4 Å². The lowest BCUT2D eigenvalue weighted by Gasteiger charge is -2.15. The molecule has 2 aliphatic rings. The summed E-state index contributed by atoms with van der Waals surface area (Å²) in [5.41, 5.74) is 6.54. The molecule has 3 aromatic rings. The number of aromatic nitrogens is 2. The van der Waals surface area contributed by atoms with Crippen LogP contribution in [0.1, 0.15) is 23.6 Å². The Hall–Kier alpha value is -2.88. The maximum absolute atomic E-state index is 11.9. The molecule has 0 saturated carbocycles. The van der Waals surface area contributed by atoms with Gasteiger partial charge in [-0.3, -0.25) is 4.79 Å². The highest BCUT2D eigenvalue weighted by Crippen LogP contribution is 2.38. The molecule has 1 fully saturated rings. The zero-order chi connectivity index (χ0) is 17.0. The van der Waals surface area contributed by atoms with Gasteiger partial charge in [0.1, 0.15) is 5.82 Å². The summed E-state index contributed by atoms with van der Waals surface area (Å²) in [7, 11) is 1.87. The molecule has 1 aromatic heterocycles. The molecule has 25 heavy (non-hydrogen) atoms. The van der Waals surface area contributed by atoms with Gasteiger partial charge in [0.05, 0.1) is 6.04 Å². The number of likely N-dealkylation sites (N-methyl/N-ethyl adjacent to an activating group) is 1. The number of likely N-dealkylation sites (tertiary alicyclic amines) is 1. The van der Waals surface area contributed by atoms with Crippen LogP contribution < -0.4 is 0 Å². The highest BCUT2D eigenvalue weighted by atomic mass is 16.2. The number of hydrogen-bond acceptors (Lipinski definition) is 2. The molecule has 2 heterocycles. The molecular formula is C21H19N3O. The quantitative estimate of drug-likeness (QED) is 0.564. The molecule has 0 spiro atoms. The van der Waals surface area contributed by atoms with Crippen molar-refractivity contribution in [1.82, 2.24) is 14.5 Å². The first-order valence-electron chi connectivity index (χ1n) is 8.69. The van der Waals surface area contributed by atoms with Crippen LogP contribution in [0.3, 0.4) is 0 Å². The largest absolute Gasteiger partial charge is 0.344 e. The zero-order valence-electron chi connectivity index (χ0n) is 14.1. The van der Waals surface area contributed by atoms with Crippen molar-refractivity contribution in [2.24, 2.45) is 0 Å². The molecule has 4 nitrogen and oxygen atoms in total. The molecule has 5 rings (SSSR count). The minimum Gasteiger partial charge on any atom is -0.344 e. The Morgan fingerprint density at radius 3 is 2.76 bits per heavy atom. The second-order valence-electron chi connectivity index (χ2n) is 7.00. The van der Waals surface area contributed by atoms with Crippen molar-refractivity contribution in [3.63, 3.8) is 0 Å². The van der Waals surface area contributed by atoms with Crippen LogP contribution in [0.4, 0.5) is 0 Å². The van der Waals surface area contributed by atoms with Crippen molar-refractivity contribution in [3.8, 4) is 22.5 Å². The molecule has 4 heteroatoms. The first kappa shape index (κ1) is 14.5. The normalized spacial score (nSPS) is 18.5. The summed E-state index contributed by atoms with van der Waals surface area (Å²) in [6.45, 7) is 0.749. The van der Waals surface area contributed by atoms with Gasteiger partial charge in [0.2, 0.25) is 5.91 Å². The van der Waals surface area contributed by atoms with Crippen molar-refractivity contribution >= 4 is 5.91 Å². The number of amides is 1. The molecule has 0 N–H and O–H groups in total. The Balaban J connectivity index is 1.53. The lowest BCUT2D eigenvalue weighted by Crippen LogP contribution is -2.19. The fourth-order valence-corrected chi connectivity index (χ4v) is 4.14. The van der Waals surface area contributed by atoms with E-state index in [1.807, 2.05) is 19.4 Å². The van der Waals surface area contributed by atoms with Crippen LogP contribution in [-0.4, -0.2) is 34.0 Å². The fourth-order valence-electron chi connectivity index (χ4n) is 4.14. The predicted molar refractivity (Wildman–Crippen MR) is 97.2 cm³/mol. The number of nitrogens with zero attached hydrogens (tertiary/aromatic N) is 3. The van der Waals surface area contributed by atoms with Crippen molar-refractivity contribution in [3.05, 3.63) is 66.0 Å². The van der Waals surface area contributed by atoms with E-state index in [2.05, 4.69) is 52.0 Å². The molecule has 0 bridgehead atoms. The maximum Gasteiger partial charge on any atom is 0.224 e. The van der Waals surface area contributed by atoms with E-state index in [1.54, 1.807) is 4.90 Å². The van der Waals surface area contributed by atoms with Crippen molar-refractivity contribution in [1.29, 1.82) is 0 Å². The summed E-state index contributed by atoms with van der Waals surface area (Å²) in [4.78, 5) is 18.3. The van der Waals surface area contributed by atoms with Gasteiger partial charge in [-0.05, 0) is 34.7 Å². The summed E-state index contributed by atoms with van der Waals surface area (Å²) in [6, 6.07) is 15.4. The minimum absolute atomic E-state index is 0.167. The summed E-state index contributed by atoms with van der Waals surface area (Å²) in [5.74, 6) is 1.15. The Labute approximate surface area is 146 Å². The fraction of sp³-hybridized carbons (Fsp3) is 0.238. The van der Waals surface area contributed by atoms with Gasteiger partial charge in [0.15, 0.2) is 0 Å². The van der Waals surface area contributed by atoms with E-state index in [1.165, 1.54) is 22.3 Å². The van der Waals surface area contributed by atoms with Gasteiger partial charge in [-0.25, -0.2) is 4.98 Å². The van der Waals surface area contributed by atoms with Crippen LogP contribution in [0.25, 0.3) is 22.5 Å². The Morgan fingerprint density at radius 2 is 1.92 bits per heavy atom. The first-order chi connectivity index (χ1) is 12.2. The standard InChI is InChI=1S/C21H19N3O/c1-23-13-17(12-20(23)25)24-9-8-22-21(24)15-6-7-19-16(11-15)10-14-4-2-3-5-18(14)19/h2-9,11,17H,10,12-13H2,1H3. The monoisotopic (exact) mass is 329 g/mol. The van der Waals surface area contributed by atoms with Crippen molar-refractivity contribution in [2.45, 2.75) is 18.9 Å². The average Bonchev–Trinajstić information content (AvgIpc) is 3.31. The van der Waals surface area contributed by atoms with Gasteiger partial charge in [-0.2, -0.15) is 0 Å². The second kappa shape index (κ2) is 5.31. The molecule has 0 radical (unpaired) electrons. The highest BCUT2D eigenvalue weighted by molar-refractivity contribution is 5.80. The van der Waals surface area contributed by atoms with E-state index in [0.717, 1.165) is 24.4 Å². The summed E-state index contributed by atoms with van der Waals surface area (Å²) in [5, 5.41) is 0. The predicted octanol–water partition coefficient (Wildman–Crippen LogP) is 3.52. The van der Waals surface area contributed by atoms with Crippen LogP contribution in [0.5, 0.6) is 0 Å². The number of carbonyl (C=O) groups excluding carboxylic acids is 1. The third-order valence-electron chi connectivity index (χ3n) is 5.43. The Bertz CT molecular complexity index is 988. The smallest absolute Gasteiger partial charge is 0.224 e. The third-order valence-corrected chi connectivity index (χ3v) is 5.43. The summed E-state index contributed by atoms with van der Waals surface area (Å²) < 4.78 is 2.16. The van der Waals surface area contributed by atoms with Crippen LogP contribution in [0, 0.1) is 0 Å². The average molecular weight is 329 g/mol. The molecule has 1 saturated heterocycles. The van der Waals surface area contributed by atoms with Gasteiger partial charge in [0, 0.05) is 38.0 Å². The van der Waals surface area contributed by atoms with Crippen LogP contribution in [-0.2, 0) is 11.2 Å². The second-order valence-corrected chi connectivity index (χ2v) is 7.00. The van der Waals surface area contributed by atoms with E-state index < -0.39 is 0 Å². The highest BCUT2D eigenvalue weighted by Gasteiger charge is 2.29. The lowest BCUT2D eigenvalue weighted by molar-refractivity contribution is -0.126. The van der Waals surface area contributed by atoms with Gasteiger partial charge >= 0.3 is 0 Å². The molecule has 1 aliphatic carbocycles. The number of fused-ring (bicyclic) bond motifs is 3. The lowest BCUT2D eigenvalue weighted by atomic mass is 10.0. The van der Waals surface area contributed by atoms with Crippen molar-refractivity contribution < 1.29 is 4.79 Å². The van der Waals surface area contributed by atoms with E-state index in [-0.39, 0.29) is 11.9 Å². The van der Waals surface area contributed by atoms with Crippen LogP contribution in [0.15, 0.2) is 54.9 Å². The number of hydrogen-bond donors (Lipinski definition) is 0. The third kappa shape index (κ3) is 2.21. The van der Waals surface area contributed by atoms with Gasteiger partial charge < -0.3 is 9.47 Å². The van der Waals surface area contributed by atoms with Crippen LogP contribution >= 0.6 is 0 Å². The molecule has 1 unspecified atom stereocenters. The van der Waals surface area contributed by atoms with Crippen LogP contribution in [0.2, 0.25) is 0 Å². The van der Waals surface area contributed by atoms with Gasteiger partial charge in [-0.15, -0.1) is 0 Å². The van der Waals surface area contributed by atoms with E-state index >= 15 is 0 Å². The molecule has 124 valence electrons. The number of benzene rings is 2. The topological polar surface area (TPSA) is 38.1 Å². The Morgan fingerprint density at radius 1 is 1.08 bits per heavy atom. The summed E-state index contributed by atoms with van der Waals surface area (Å²) >= 11 is 0. The molecule has 2 aromatic carbocycles. The molecule has 1 amide bonds. The molecule has 1 atom stereocenters. The van der Waals surface area contributed by atoms with Crippen molar-refractivity contribution in [2.75, 3.05) is 13.6 Å². The SMILES string of the molecule is CN1CC(n2ccnc2-c2ccc3c(c2)Cc2ccccc2-3)CC1=O. The number of imidazole rings is 1. The number of carbonyl (C=O) groups is 1. The summed E-state index contributed by atoms with van der Waals surface area (Å²) in [6.07, 6.45) is 5.36.